The number of rotatable bonds is 3. The van der Waals surface area contributed by atoms with Crippen LogP contribution in [0.4, 0.5) is 4.39 Å². The van der Waals surface area contributed by atoms with Crippen LogP contribution in [0.1, 0.15) is 10.5 Å². The van der Waals surface area contributed by atoms with Gasteiger partial charge in [0.25, 0.3) is 0 Å². The standard InChI is InChI=1S/C15H10FN3O2/c16-10-4-6-11(7-5-10)19-14(15(20)21)9-13(18-19)12-3-1-2-8-17-12/h1-9H,(H,20,21). The van der Waals surface area contributed by atoms with Crippen molar-refractivity contribution in [3.05, 3.63) is 66.2 Å². The molecule has 1 N–H and O–H groups in total. The van der Waals surface area contributed by atoms with Gasteiger partial charge < -0.3 is 5.11 Å². The summed E-state index contributed by atoms with van der Waals surface area (Å²) < 4.78 is 14.2. The summed E-state index contributed by atoms with van der Waals surface area (Å²) >= 11 is 0. The minimum Gasteiger partial charge on any atom is -0.477 e. The Morgan fingerprint density at radius 3 is 2.48 bits per heavy atom. The molecule has 0 unspecified atom stereocenters. The highest BCUT2D eigenvalue weighted by molar-refractivity contribution is 5.88. The fourth-order valence-electron chi connectivity index (χ4n) is 1.95. The molecule has 0 aliphatic carbocycles. The Balaban J connectivity index is 2.14. The molecule has 0 bridgehead atoms. The van der Waals surface area contributed by atoms with Crippen molar-refractivity contribution in [3.63, 3.8) is 0 Å². The van der Waals surface area contributed by atoms with Gasteiger partial charge >= 0.3 is 5.97 Å². The Hall–Kier alpha value is -3.02. The van der Waals surface area contributed by atoms with E-state index in [1.165, 1.54) is 35.0 Å². The Labute approximate surface area is 119 Å². The van der Waals surface area contributed by atoms with E-state index in [2.05, 4.69) is 10.1 Å². The first kappa shape index (κ1) is 13.0. The van der Waals surface area contributed by atoms with Crippen LogP contribution in [0.3, 0.4) is 0 Å². The van der Waals surface area contributed by atoms with Crippen molar-refractivity contribution in [2.75, 3.05) is 0 Å². The van der Waals surface area contributed by atoms with Gasteiger partial charge in [0, 0.05) is 12.3 Å². The number of hydrogen-bond acceptors (Lipinski definition) is 3. The maximum absolute atomic E-state index is 13.0. The second-order valence-corrected chi connectivity index (χ2v) is 4.32. The van der Waals surface area contributed by atoms with Crippen molar-refractivity contribution in [2.24, 2.45) is 0 Å². The summed E-state index contributed by atoms with van der Waals surface area (Å²) in [5, 5.41) is 13.5. The van der Waals surface area contributed by atoms with Crippen LogP contribution in [0, 0.1) is 5.82 Å². The number of nitrogens with zero attached hydrogens (tertiary/aromatic N) is 3. The molecule has 104 valence electrons. The van der Waals surface area contributed by atoms with Gasteiger partial charge in [-0.1, -0.05) is 6.07 Å². The van der Waals surface area contributed by atoms with Gasteiger partial charge in [-0.3, -0.25) is 4.98 Å². The lowest BCUT2D eigenvalue weighted by Crippen LogP contribution is -2.07. The average molecular weight is 283 g/mol. The van der Waals surface area contributed by atoms with Crippen LogP contribution >= 0.6 is 0 Å². The molecule has 3 rings (SSSR count). The van der Waals surface area contributed by atoms with Crippen LogP contribution in [0.25, 0.3) is 17.1 Å². The van der Waals surface area contributed by atoms with Gasteiger partial charge in [-0.15, -0.1) is 0 Å². The third-order valence-electron chi connectivity index (χ3n) is 2.93. The fraction of sp³-hybridized carbons (Fsp3) is 0. The van der Waals surface area contributed by atoms with Gasteiger partial charge in [-0.2, -0.15) is 5.10 Å². The molecule has 0 fully saturated rings. The molecule has 2 aromatic heterocycles. The van der Waals surface area contributed by atoms with E-state index < -0.39 is 11.8 Å². The molecule has 0 aliphatic rings. The Morgan fingerprint density at radius 2 is 1.86 bits per heavy atom. The maximum atomic E-state index is 13.0. The number of carboxylic acids is 1. The summed E-state index contributed by atoms with van der Waals surface area (Å²) in [6, 6.07) is 12.2. The number of carbonyl (C=O) groups is 1. The van der Waals surface area contributed by atoms with Crippen molar-refractivity contribution in [3.8, 4) is 17.1 Å². The lowest BCUT2D eigenvalue weighted by molar-refractivity contribution is 0.0687. The number of benzene rings is 1. The molecule has 0 atom stereocenters. The van der Waals surface area contributed by atoms with Crippen molar-refractivity contribution >= 4 is 5.97 Å². The smallest absolute Gasteiger partial charge is 0.354 e. The Bertz CT molecular complexity index is 782. The third kappa shape index (κ3) is 2.51. The SMILES string of the molecule is O=C(O)c1cc(-c2ccccn2)nn1-c1ccc(F)cc1. The lowest BCUT2D eigenvalue weighted by atomic mass is 10.2. The number of hydrogen-bond donors (Lipinski definition) is 1. The zero-order valence-corrected chi connectivity index (χ0v) is 10.8. The predicted molar refractivity (Wildman–Crippen MR) is 73.7 cm³/mol. The fourth-order valence-corrected chi connectivity index (χ4v) is 1.95. The Kier molecular flexibility index (Phi) is 3.19. The number of halogens is 1. The molecular weight excluding hydrogens is 273 g/mol. The van der Waals surface area contributed by atoms with Crippen molar-refractivity contribution in [1.29, 1.82) is 0 Å². The van der Waals surface area contributed by atoms with E-state index in [0.29, 0.717) is 17.1 Å². The second-order valence-electron chi connectivity index (χ2n) is 4.32. The van der Waals surface area contributed by atoms with Crippen LogP contribution in [-0.4, -0.2) is 25.8 Å². The predicted octanol–water partition coefficient (Wildman–Crippen LogP) is 2.77. The van der Waals surface area contributed by atoms with E-state index in [0.717, 1.165) is 0 Å². The largest absolute Gasteiger partial charge is 0.477 e. The van der Waals surface area contributed by atoms with Gasteiger partial charge in [-0.25, -0.2) is 13.9 Å². The van der Waals surface area contributed by atoms with E-state index in [1.54, 1.807) is 24.4 Å². The summed E-state index contributed by atoms with van der Waals surface area (Å²) in [7, 11) is 0. The molecule has 0 amide bonds. The second kappa shape index (κ2) is 5.16. The van der Waals surface area contributed by atoms with E-state index in [4.69, 9.17) is 0 Å². The van der Waals surface area contributed by atoms with Crippen molar-refractivity contribution in [2.45, 2.75) is 0 Å². The highest BCUT2D eigenvalue weighted by Crippen LogP contribution is 2.20. The molecule has 0 saturated heterocycles. The molecule has 1 aromatic carbocycles. The molecular formula is C15H10FN3O2. The molecule has 21 heavy (non-hydrogen) atoms. The van der Waals surface area contributed by atoms with Crippen LogP contribution in [-0.2, 0) is 0 Å². The molecule has 3 aromatic rings. The minimum atomic E-state index is -1.12. The minimum absolute atomic E-state index is 0.0118. The first-order valence-corrected chi connectivity index (χ1v) is 6.16. The molecule has 0 aliphatic heterocycles. The normalized spacial score (nSPS) is 10.5. The van der Waals surface area contributed by atoms with Gasteiger partial charge in [-0.05, 0) is 36.4 Å². The molecule has 5 nitrogen and oxygen atoms in total. The summed E-state index contributed by atoms with van der Waals surface area (Å²) in [5.41, 5.74) is 1.47. The zero-order chi connectivity index (χ0) is 14.8. The van der Waals surface area contributed by atoms with Gasteiger partial charge in [0.1, 0.15) is 11.5 Å². The molecule has 0 spiro atoms. The molecule has 0 radical (unpaired) electrons. The number of carboxylic acid groups (broad SMARTS) is 1. The van der Waals surface area contributed by atoms with Gasteiger partial charge in [0.05, 0.1) is 11.4 Å². The number of aromatic nitrogens is 3. The van der Waals surface area contributed by atoms with E-state index >= 15 is 0 Å². The van der Waals surface area contributed by atoms with Crippen LogP contribution in [0.15, 0.2) is 54.7 Å². The third-order valence-corrected chi connectivity index (χ3v) is 2.93. The topological polar surface area (TPSA) is 68.0 Å². The number of pyridine rings is 1. The van der Waals surface area contributed by atoms with Crippen LogP contribution in [0.2, 0.25) is 0 Å². The van der Waals surface area contributed by atoms with Gasteiger partial charge in [0.2, 0.25) is 0 Å². The van der Waals surface area contributed by atoms with Crippen molar-refractivity contribution < 1.29 is 14.3 Å². The van der Waals surface area contributed by atoms with Crippen molar-refractivity contribution in [1.82, 2.24) is 14.8 Å². The first-order valence-electron chi connectivity index (χ1n) is 6.16. The van der Waals surface area contributed by atoms with E-state index in [9.17, 15) is 14.3 Å². The molecule has 2 heterocycles. The number of aromatic carboxylic acids is 1. The highest BCUT2D eigenvalue weighted by Gasteiger charge is 2.17. The van der Waals surface area contributed by atoms with Gasteiger partial charge in [0.15, 0.2) is 5.69 Å². The van der Waals surface area contributed by atoms with Crippen LogP contribution < -0.4 is 0 Å². The highest BCUT2D eigenvalue weighted by atomic mass is 19.1. The summed E-state index contributed by atoms with van der Waals surface area (Å²) in [5.74, 6) is -1.51. The van der Waals surface area contributed by atoms with E-state index in [-0.39, 0.29) is 5.69 Å². The zero-order valence-electron chi connectivity index (χ0n) is 10.8. The maximum Gasteiger partial charge on any atom is 0.354 e. The monoisotopic (exact) mass is 283 g/mol. The first-order chi connectivity index (χ1) is 10.1. The van der Waals surface area contributed by atoms with Crippen LogP contribution in [0.5, 0.6) is 0 Å². The quantitative estimate of drug-likeness (QED) is 0.802. The molecule has 6 heteroatoms. The molecule has 0 saturated carbocycles. The summed E-state index contributed by atoms with van der Waals surface area (Å²) in [4.78, 5) is 15.5. The summed E-state index contributed by atoms with van der Waals surface area (Å²) in [6.07, 6.45) is 1.60. The lowest BCUT2D eigenvalue weighted by Gasteiger charge is -2.03. The summed E-state index contributed by atoms with van der Waals surface area (Å²) in [6.45, 7) is 0. The Morgan fingerprint density at radius 1 is 1.10 bits per heavy atom. The average Bonchev–Trinajstić information content (AvgIpc) is 2.94. The van der Waals surface area contributed by atoms with E-state index in [1.807, 2.05) is 0 Å².